The van der Waals surface area contributed by atoms with Gasteiger partial charge in [-0.2, -0.15) is 0 Å². The average Bonchev–Trinajstić information content (AvgIpc) is 3.00. The Labute approximate surface area is 190 Å². The summed E-state index contributed by atoms with van der Waals surface area (Å²) in [6.45, 7) is 1.59. The number of sulfone groups is 1. The van der Waals surface area contributed by atoms with E-state index in [1.54, 1.807) is 13.0 Å². The van der Waals surface area contributed by atoms with E-state index in [1.165, 1.54) is 30.3 Å². The molecule has 1 aliphatic heterocycles. The zero-order chi connectivity index (χ0) is 24.1. The van der Waals surface area contributed by atoms with E-state index in [0.29, 0.717) is 22.8 Å². The molecule has 176 valence electrons. The maximum atomic E-state index is 13.4. The molecule has 0 aliphatic carbocycles. The summed E-state index contributed by atoms with van der Waals surface area (Å²) in [5.41, 5.74) is 1.63. The first kappa shape index (κ1) is 23.4. The van der Waals surface area contributed by atoms with E-state index in [9.17, 15) is 26.0 Å². The molecule has 11 heteroatoms. The molecule has 0 saturated carbocycles. The molecule has 1 aliphatic rings. The van der Waals surface area contributed by atoms with Crippen LogP contribution in [0.15, 0.2) is 40.8 Å². The molecular formula is C22H22FNO7S2. The van der Waals surface area contributed by atoms with Crippen LogP contribution >= 0.6 is 0 Å². The number of sulfonamides is 1. The lowest BCUT2D eigenvalue weighted by atomic mass is 10.0. The summed E-state index contributed by atoms with van der Waals surface area (Å²) in [6, 6.07) is 7.55. The van der Waals surface area contributed by atoms with Crippen LogP contribution in [0.1, 0.15) is 28.9 Å². The first-order valence-corrected chi connectivity index (χ1v) is 13.9. The van der Waals surface area contributed by atoms with Gasteiger partial charge in [0.15, 0.2) is 6.29 Å². The van der Waals surface area contributed by atoms with Gasteiger partial charge in [0.25, 0.3) is 0 Å². The van der Waals surface area contributed by atoms with Crippen molar-refractivity contribution >= 4 is 42.8 Å². The van der Waals surface area contributed by atoms with Crippen molar-refractivity contribution in [2.24, 2.45) is 0 Å². The van der Waals surface area contributed by atoms with E-state index in [1.807, 2.05) is 0 Å². The summed E-state index contributed by atoms with van der Waals surface area (Å²) in [6.07, 6.45) is 2.07. The van der Waals surface area contributed by atoms with Crippen LogP contribution in [0.25, 0.3) is 22.3 Å². The van der Waals surface area contributed by atoms with Gasteiger partial charge in [0, 0.05) is 28.8 Å². The third-order valence-corrected chi connectivity index (χ3v) is 7.70. The molecule has 8 nitrogen and oxygen atoms in total. The second-order valence-electron chi connectivity index (χ2n) is 8.16. The number of rotatable bonds is 5. The monoisotopic (exact) mass is 495 g/mol. The first-order chi connectivity index (χ1) is 15.4. The van der Waals surface area contributed by atoms with Crippen LogP contribution in [-0.2, 0) is 24.6 Å². The molecule has 0 bridgehead atoms. The molecule has 0 saturated heterocycles. The fourth-order valence-electron chi connectivity index (χ4n) is 4.14. The maximum Gasteiger partial charge on any atom is 0.232 e. The summed E-state index contributed by atoms with van der Waals surface area (Å²) >= 11 is 0. The molecule has 0 fully saturated rings. The van der Waals surface area contributed by atoms with E-state index in [-0.39, 0.29) is 29.2 Å². The van der Waals surface area contributed by atoms with E-state index < -0.39 is 43.6 Å². The van der Waals surface area contributed by atoms with Crippen molar-refractivity contribution in [2.75, 3.05) is 29.2 Å². The summed E-state index contributed by atoms with van der Waals surface area (Å²) in [5, 5.41) is 0.438. The number of fused-ring (bicyclic) bond motifs is 2. The molecular weight excluding hydrogens is 473 g/mol. The summed E-state index contributed by atoms with van der Waals surface area (Å²) in [4.78, 5) is 12.0. The Morgan fingerprint density at radius 1 is 1.12 bits per heavy atom. The molecule has 2 heterocycles. The molecule has 4 rings (SSSR count). The van der Waals surface area contributed by atoms with Crippen molar-refractivity contribution in [3.63, 3.8) is 0 Å². The number of benzene rings is 2. The van der Waals surface area contributed by atoms with Gasteiger partial charge in [-0.25, -0.2) is 21.2 Å². The number of nitrogens with zero attached hydrogens (tertiary/aromatic N) is 1. The highest BCUT2D eigenvalue weighted by molar-refractivity contribution is 7.92. The lowest BCUT2D eigenvalue weighted by Crippen LogP contribution is -2.45. The van der Waals surface area contributed by atoms with Crippen molar-refractivity contribution in [1.82, 2.24) is 0 Å². The summed E-state index contributed by atoms with van der Waals surface area (Å²) < 4.78 is 75.7. The van der Waals surface area contributed by atoms with Gasteiger partial charge in [0.1, 0.15) is 27.0 Å². The Morgan fingerprint density at radius 2 is 1.79 bits per heavy atom. The van der Waals surface area contributed by atoms with Crippen molar-refractivity contribution < 1.29 is 35.2 Å². The Kier molecular flexibility index (Phi) is 5.83. The number of hydrogen-bond donors (Lipinski definition) is 0. The summed E-state index contributed by atoms with van der Waals surface area (Å²) in [5.74, 6) is -0.656. The van der Waals surface area contributed by atoms with Gasteiger partial charge in [-0.1, -0.05) is 0 Å². The number of halogens is 1. The summed E-state index contributed by atoms with van der Waals surface area (Å²) in [7, 11) is -7.43. The van der Waals surface area contributed by atoms with Crippen LogP contribution in [-0.4, -0.2) is 54.0 Å². The zero-order valence-corrected chi connectivity index (χ0v) is 19.7. The average molecular weight is 496 g/mol. The minimum atomic E-state index is -3.91. The van der Waals surface area contributed by atoms with Crippen LogP contribution in [0.3, 0.4) is 0 Å². The number of aldehydes is 1. The lowest BCUT2D eigenvalue weighted by molar-refractivity contribution is 0.0652. The van der Waals surface area contributed by atoms with Crippen LogP contribution in [0.2, 0.25) is 0 Å². The highest BCUT2D eigenvalue weighted by Gasteiger charge is 2.36. The van der Waals surface area contributed by atoms with E-state index in [4.69, 9.17) is 9.15 Å². The molecule has 1 aromatic heterocycles. The normalized spacial score (nSPS) is 19.3. The number of ether oxygens (including phenoxy) is 1. The predicted molar refractivity (Wildman–Crippen MR) is 122 cm³/mol. The third-order valence-electron chi connectivity index (χ3n) is 5.50. The largest absolute Gasteiger partial charge is 0.455 e. The number of anilines is 1. The van der Waals surface area contributed by atoms with Crippen molar-refractivity contribution in [3.8, 4) is 11.3 Å². The number of hydrogen-bond acceptors (Lipinski definition) is 7. The van der Waals surface area contributed by atoms with Gasteiger partial charge in [0.05, 0.1) is 42.0 Å². The second kappa shape index (κ2) is 8.23. The topological polar surface area (TPSA) is 111 Å². The van der Waals surface area contributed by atoms with Gasteiger partial charge in [-0.05, 0) is 37.3 Å². The Balaban J connectivity index is 1.98. The van der Waals surface area contributed by atoms with Crippen LogP contribution < -0.4 is 4.31 Å². The fraction of sp³-hybridized carbons (Fsp3) is 0.318. The molecule has 2 unspecified atom stereocenters. The maximum absolute atomic E-state index is 13.4. The van der Waals surface area contributed by atoms with Crippen LogP contribution in [0, 0.1) is 5.82 Å². The Bertz CT molecular complexity index is 1440. The van der Waals surface area contributed by atoms with E-state index in [2.05, 4.69) is 0 Å². The number of carbonyl (C=O) groups is 1. The second-order valence-corrected chi connectivity index (χ2v) is 12.2. The Hall–Kier alpha value is -2.76. The number of furan rings is 1. The minimum absolute atomic E-state index is 0.126. The van der Waals surface area contributed by atoms with Crippen molar-refractivity contribution in [3.05, 3.63) is 53.3 Å². The lowest BCUT2D eigenvalue weighted by Gasteiger charge is -2.29. The minimum Gasteiger partial charge on any atom is -0.455 e. The zero-order valence-electron chi connectivity index (χ0n) is 18.1. The highest BCUT2D eigenvalue weighted by Crippen LogP contribution is 2.41. The molecule has 2 atom stereocenters. The number of carbonyl (C=O) groups excluding carboxylic acids is 1. The molecule has 33 heavy (non-hydrogen) atoms. The molecule has 2 aromatic carbocycles. The Morgan fingerprint density at radius 3 is 2.36 bits per heavy atom. The molecule has 3 aromatic rings. The predicted octanol–water partition coefficient (Wildman–Crippen LogP) is 3.32. The van der Waals surface area contributed by atoms with E-state index >= 15 is 0 Å². The first-order valence-electron chi connectivity index (χ1n) is 9.99. The van der Waals surface area contributed by atoms with Crippen LogP contribution in [0.4, 0.5) is 10.1 Å². The molecule has 0 radical (unpaired) electrons. The van der Waals surface area contributed by atoms with Gasteiger partial charge in [-0.3, -0.25) is 9.10 Å². The highest BCUT2D eigenvalue weighted by atomic mass is 32.2. The molecule has 0 N–H and O–H groups in total. The van der Waals surface area contributed by atoms with Crippen molar-refractivity contribution in [2.45, 2.75) is 19.1 Å². The quantitative estimate of drug-likeness (QED) is 0.499. The smallest absolute Gasteiger partial charge is 0.232 e. The van der Waals surface area contributed by atoms with Gasteiger partial charge >= 0.3 is 0 Å². The van der Waals surface area contributed by atoms with E-state index in [0.717, 1.165) is 16.8 Å². The van der Waals surface area contributed by atoms with Gasteiger partial charge in [0.2, 0.25) is 10.0 Å². The van der Waals surface area contributed by atoms with Crippen LogP contribution in [0.5, 0.6) is 0 Å². The van der Waals surface area contributed by atoms with Gasteiger partial charge in [-0.15, -0.1) is 0 Å². The fourth-order valence-corrected chi connectivity index (χ4v) is 6.37. The molecule has 0 amide bonds. The molecule has 0 spiro atoms. The van der Waals surface area contributed by atoms with Crippen molar-refractivity contribution in [1.29, 1.82) is 0 Å². The third kappa shape index (κ3) is 4.53. The van der Waals surface area contributed by atoms with Gasteiger partial charge < -0.3 is 9.15 Å². The standard InChI is InChI=1S/C22H22FNO7S2/c1-13-17-8-18-19(10-25)22(14-4-6-15(23)7-5-14)31-21(18)9-20(17)24(33(3,28)29)16(11-30-13)12-32(2,26)27/h4-10,13,16H,11-12H2,1-3H3. The SMILES string of the molecule is CC1OCC(CS(C)(=O)=O)N(S(C)(=O)=O)c2cc3oc(-c4ccc(F)cc4)c(C=O)c3cc21.